The second-order valence-corrected chi connectivity index (χ2v) is 8.07. The zero-order valence-corrected chi connectivity index (χ0v) is 12.7. The standard InChI is InChI=1S/C11H19N3O3S2/c1-7-10(18-11(12)13-7)19(16,17)14-5-3-9(4-6-14)8(2)15/h8-9,15H,3-6H2,1-2H3,(H2,12,13). The molecule has 1 unspecified atom stereocenters. The molecule has 108 valence electrons. The quantitative estimate of drug-likeness (QED) is 0.861. The highest BCUT2D eigenvalue weighted by atomic mass is 32.2. The Labute approximate surface area is 117 Å². The lowest BCUT2D eigenvalue weighted by atomic mass is 9.93. The van der Waals surface area contributed by atoms with Gasteiger partial charge < -0.3 is 10.8 Å². The molecule has 0 saturated carbocycles. The van der Waals surface area contributed by atoms with Crippen molar-refractivity contribution >= 4 is 26.5 Å². The largest absolute Gasteiger partial charge is 0.393 e. The van der Waals surface area contributed by atoms with Crippen molar-refractivity contribution in [2.45, 2.75) is 37.0 Å². The molecule has 3 N–H and O–H groups in total. The number of aliphatic hydroxyl groups is 1. The number of nitrogens with two attached hydrogens (primary N) is 1. The van der Waals surface area contributed by atoms with Crippen LogP contribution in [-0.2, 0) is 10.0 Å². The maximum atomic E-state index is 12.5. The van der Waals surface area contributed by atoms with Crippen LogP contribution in [0.1, 0.15) is 25.5 Å². The van der Waals surface area contributed by atoms with E-state index in [4.69, 9.17) is 5.73 Å². The van der Waals surface area contributed by atoms with Crippen LogP contribution in [0.5, 0.6) is 0 Å². The third-order valence-electron chi connectivity index (χ3n) is 3.53. The van der Waals surface area contributed by atoms with E-state index in [1.807, 2.05) is 0 Å². The molecule has 0 aliphatic carbocycles. The second-order valence-electron chi connectivity index (χ2n) is 4.91. The average molecular weight is 305 g/mol. The van der Waals surface area contributed by atoms with E-state index >= 15 is 0 Å². The molecule has 1 aliphatic heterocycles. The number of nitrogen functional groups attached to an aromatic ring is 1. The van der Waals surface area contributed by atoms with Crippen LogP contribution >= 0.6 is 11.3 Å². The van der Waals surface area contributed by atoms with E-state index in [1.165, 1.54) is 4.31 Å². The third-order valence-corrected chi connectivity index (χ3v) is 7.00. The van der Waals surface area contributed by atoms with E-state index in [9.17, 15) is 13.5 Å². The van der Waals surface area contributed by atoms with Crippen molar-refractivity contribution in [1.82, 2.24) is 9.29 Å². The molecule has 1 atom stereocenters. The highest BCUT2D eigenvalue weighted by Gasteiger charge is 2.33. The minimum Gasteiger partial charge on any atom is -0.393 e. The summed E-state index contributed by atoms with van der Waals surface area (Å²) in [5.41, 5.74) is 6.02. The van der Waals surface area contributed by atoms with Crippen molar-refractivity contribution < 1.29 is 13.5 Å². The summed E-state index contributed by atoms with van der Waals surface area (Å²) in [6, 6.07) is 0. The first-order valence-electron chi connectivity index (χ1n) is 6.23. The van der Waals surface area contributed by atoms with E-state index in [0.717, 1.165) is 11.3 Å². The van der Waals surface area contributed by atoms with Gasteiger partial charge in [-0.2, -0.15) is 4.31 Å². The maximum Gasteiger partial charge on any atom is 0.254 e. The third kappa shape index (κ3) is 2.91. The predicted molar refractivity (Wildman–Crippen MR) is 74.4 cm³/mol. The van der Waals surface area contributed by atoms with Crippen LogP contribution in [0.15, 0.2) is 4.21 Å². The Morgan fingerprint density at radius 3 is 2.47 bits per heavy atom. The Morgan fingerprint density at radius 2 is 2.05 bits per heavy atom. The number of sulfonamides is 1. The van der Waals surface area contributed by atoms with Gasteiger partial charge in [-0.25, -0.2) is 13.4 Å². The van der Waals surface area contributed by atoms with Crippen molar-refractivity contribution in [3.63, 3.8) is 0 Å². The molecule has 19 heavy (non-hydrogen) atoms. The molecule has 0 bridgehead atoms. The molecule has 6 nitrogen and oxygen atoms in total. The van der Waals surface area contributed by atoms with Crippen LogP contribution in [0.25, 0.3) is 0 Å². The molecule has 2 heterocycles. The van der Waals surface area contributed by atoms with E-state index in [-0.39, 0.29) is 21.4 Å². The van der Waals surface area contributed by atoms with Crippen LogP contribution < -0.4 is 5.73 Å². The zero-order chi connectivity index (χ0) is 14.2. The fourth-order valence-electron chi connectivity index (χ4n) is 2.36. The number of piperidine rings is 1. The lowest BCUT2D eigenvalue weighted by Crippen LogP contribution is -2.40. The van der Waals surface area contributed by atoms with Gasteiger partial charge in [-0.05, 0) is 32.6 Å². The van der Waals surface area contributed by atoms with Gasteiger partial charge in [0.25, 0.3) is 10.0 Å². The molecule has 0 amide bonds. The summed E-state index contributed by atoms with van der Waals surface area (Å²) in [5.74, 6) is 0.180. The van der Waals surface area contributed by atoms with E-state index < -0.39 is 10.0 Å². The van der Waals surface area contributed by atoms with Crippen LogP contribution in [-0.4, -0.2) is 42.0 Å². The molecule has 0 aromatic carbocycles. The number of anilines is 1. The molecule has 1 aliphatic rings. The summed E-state index contributed by atoms with van der Waals surface area (Å²) in [7, 11) is -3.49. The van der Waals surface area contributed by atoms with Gasteiger partial charge in [-0.1, -0.05) is 11.3 Å². The first-order chi connectivity index (χ1) is 8.82. The van der Waals surface area contributed by atoms with Gasteiger partial charge in [0.1, 0.15) is 0 Å². The van der Waals surface area contributed by atoms with Gasteiger partial charge in [-0.15, -0.1) is 0 Å². The Morgan fingerprint density at radius 1 is 1.47 bits per heavy atom. The van der Waals surface area contributed by atoms with E-state index in [1.54, 1.807) is 13.8 Å². The maximum absolute atomic E-state index is 12.5. The van der Waals surface area contributed by atoms with Crippen molar-refractivity contribution in [2.24, 2.45) is 5.92 Å². The van der Waals surface area contributed by atoms with E-state index in [2.05, 4.69) is 4.98 Å². The Bertz CT molecular complexity index is 546. The lowest BCUT2D eigenvalue weighted by Gasteiger charge is -2.32. The zero-order valence-electron chi connectivity index (χ0n) is 11.0. The molecule has 1 aromatic heterocycles. The van der Waals surface area contributed by atoms with Crippen molar-refractivity contribution in [3.8, 4) is 0 Å². The Kier molecular flexibility index (Phi) is 4.14. The summed E-state index contributed by atoms with van der Waals surface area (Å²) in [5, 5.41) is 9.81. The smallest absolute Gasteiger partial charge is 0.254 e. The number of nitrogens with zero attached hydrogens (tertiary/aromatic N) is 2. The molecule has 1 saturated heterocycles. The van der Waals surface area contributed by atoms with Gasteiger partial charge in [0.15, 0.2) is 9.34 Å². The predicted octanol–water partition coefficient (Wildman–Crippen LogP) is 0.815. The summed E-state index contributed by atoms with van der Waals surface area (Å²) in [6.45, 7) is 4.29. The van der Waals surface area contributed by atoms with Crippen molar-refractivity contribution in [3.05, 3.63) is 5.69 Å². The van der Waals surface area contributed by atoms with Gasteiger partial charge >= 0.3 is 0 Å². The number of aryl methyl sites for hydroxylation is 1. The summed E-state index contributed by atoms with van der Waals surface area (Å²) < 4.78 is 26.7. The number of thiazole rings is 1. The van der Waals surface area contributed by atoms with Gasteiger partial charge in [0.2, 0.25) is 0 Å². The summed E-state index contributed by atoms with van der Waals surface area (Å²) in [6.07, 6.45) is 0.986. The number of aliphatic hydroxyl groups excluding tert-OH is 1. The van der Waals surface area contributed by atoms with Crippen molar-refractivity contribution in [2.75, 3.05) is 18.8 Å². The molecular formula is C11H19N3O3S2. The minimum absolute atomic E-state index is 0.180. The summed E-state index contributed by atoms with van der Waals surface area (Å²) in [4.78, 5) is 3.97. The van der Waals surface area contributed by atoms with Crippen LogP contribution in [0, 0.1) is 12.8 Å². The first kappa shape index (κ1) is 14.7. The number of aromatic nitrogens is 1. The molecule has 1 fully saturated rings. The molecule has 0 radical (unpaired) electrons. The normalized spacial score (nSPS) is 20.6. The van der Waals surface area contributed by atoms with Crippen LogP contribution in [0.2, 0.25) is 0 Å². The molecular weight excluding hydrogens is 286 g/mol. The summed E-state index contributed by atoms with van der Waals surface area (Å²) >= 11 is 1.01. The Balaban J connectivity index is 2.16. The average Bonchev–Trinajstić information content (AvgIpc) is 2.69. The molecule has 0 spiro atoms. The highest BCUT2D eigenvalue weighted by molar-refractivity contribution is 7.91. The van der Waals surface area contributed by atoms with Crippen LogP contribution in [0.4, 0.5) is 5.13 Å². The first-order valence-corrected chi connectivity index (χ1v) is 8.49. The molecule has 2 rings (SSSR count). The minimum atomic E-state index is -3.49. The molecule has 8 heteroatoms. The van der Waals surface area contributed by atoms with Gasteiger partial charge in [0, 0.05) is 13.1 Å². The number of hydrogen-bond acceptors (Lipinski definition) is 6. The SMILES string of the molecule is Cc1nc(N)sc1S(=O)(=O)N1CCC(C(C)O)CC1. The fraction of sp³-hybridized carbons (Fsp3) is 0.727. The monoisotopic (exact) mass is 305 g/mol. The second kappa shape index (κ2) is 5.35. The van der Waals surface area contributed by atoms with E-state index in [0.29, 0.717) is 31.6 Å². The topological polar surface area (TPSA) is 96.5 Å². The Hall–Kier alpha value is -0.700. The van der Waals surface area contributed by atoms with Gasteiger partial charge in [-0.3, -0.25) is 0 Å². The fourth-order valence-corrected chi connectivity index (χ4v) is 5.26. The lowest BCUT2D eigenvalue weighted by molar-refractivity contribution is 0.0912. The number of rotatable bonds is 3. The molecule has 1 aromatic rings. The number of hydrogen-bond donors (Lipinski definition) is 2. The highest BCUT2D eigenvalue weighted by Crippen LogP contribution is 2.31. The van der Waals surface area contributed by atoms with Crippen molar-refractivity contribution in [1.29, 1.82) is 0 Å². The van der Waals surface area contributed by atoms with Crippen LogP contribution in [0.3, 0.4) is 0 Å². The van der Waals surface area contributed by atoms with Gasteiger partial charge in [0.05, 0.1) is 11.8 Å².